The number of nitrogens with one attached hydrogen (secondary N) is 2. The van der Waals surface area contributed by atoms with Gasteiger partial charge < -0.3 is 4.74 Å². The van der Waals surface area contributed by atoms with Crippen molar-refractivity contribution < 1.29 is 4.74 Å². The van der Waals surface area contributed by atoms with Crippen LogP contribution in [0.3, 0.4) is 0 Å². The Morgan fingerprint density at radius 3 is 2.88 bits per heavy atom. The summed E-state index contributed by atoms with van der Waals surface area (Å²) in [4.78, 5) is 14.9. The molecule has 0 amide bonds. The third kappa shape index (κ3) is 4.74. The molecular weight excluding hydrogens is 318 g/mol. The minimum Gasteiger partial charge on any atom is -0.489 e. The monoisotopic (exact) mass is 335 g/mol. The van der Waals surface area contributed by atoms with Gasteiger partial charge in [0.1, 0.15) is 18.1 Å². The van der Waals surface area contributed by atoms with Gasteiger partial charge in [0.25, 0.3) is 0 Å². The van der Waals surface area contributed by atoms with Crippen molar-refractivity contribution in [2.24, 2.45) is 5.10 Å². The van der Waals surface area contributed by atoms with Crippen molar-refractivity contribution in [3.05, 3.63) is 81.9 Å². The average Bonchev–Trinajstić information content (AvgIpc) is 2.64. The van der Waals surface area contributed by atoms with Gasteiger partial charge in [-0.3, -0.25) is 5.43 Å². The number of hydrogen-bond donors (Lipinski definition) is 2. The third-order valence-electron chi connectivity index (χ3n) is 3.37. The second-order valence-corrected chi connectivity index (χ2v) is 5.29. The summed E-state index contributed by atoms with van der Waals surface area (Å²) in [7, 11) is 0. The van der Waals surface area contributed by atoms with Crippen molar-refractivity contribution in [3.63, 3.8) is 0 Å². The van der Waals surface area contributed by atoms with Crippen molar-refractivity contribution in [3.8, 4) is 5.75 Å². The zero-order valence-electron chi connectivity index (χ0n) is 13.6. The largest absolute Gasteiger partial charge is 0.489 e. The van der Waals surface area contributed by atoms with Gasteiger partial charge >= 0.3 is 5.69 Å². The molecule has 2 N–H and O–H groups in total. The van der Waals surface area contributed by atoms with Gasteiger partial charge in [-0.05, 0) is 30.2 Å². The number of hydrazone groups is 1. The van der Waals surface area contributed by atoms with Crippen LogP contribution in [-0.2, 0) is 6.61 Å². The number of aromatic amines is 1. The number of benzene rings is 2. The van der Waals surface area contributed by atoms with E-state index < -0.39 is 5.69 Å². The van der Waals surface area contributed by atoms with Gasteiger partial charge in [-0.15, -0.1) is 0 Å². The molecule has 0 aliphatic heterocycles. The summed E-state index contributed by atoms with van der Waals surface area (Å²) >= 11 is 0. The predicted molar refractivity (Wildman–Crippen MR) is 95.8 cm³/mol. The summed E-state index contributed by atoms with van der Waals surface area (Å²) in [5.74, 6) is 1.07. The molecule has 0 atom stereocenters. The van der Waals surface area contributed by atoms with Crippen LogP contribution in [0.4, 0.5) is 5.82 Å². The second-order valence-electron chi connectivity index (χ2n) is 5.29. The molecule has 3 rings (SSSR count). The molecule has 0 radical (unpaired) electrons. The fourth-order valence-electron chi connectivity index (χ4n) is 2.09. The molecule has 0 saturated heterocycles. The smallest absolute Gasteiger partial charge is 0.363 e. The lowest BCUT2D eigenvalue weighted by Gasteiger charge is -2.06. The Kier molecular flexibility index (Phi) is 5.16. The second kappa shape index (κ2) is 7.87. The molecule has 1 heterocycles. The Hall–Kier alpha value is -3.48. The van der Waals surface area contributed by atoms with Gasteiger partial charge in [-0.1, -0.05) is 42.5 Å². The minimum atomic E-state index is -0.528. The number of H-pyrrole nitrogens is 1. The summed E-state index contributed by atoms with van der Waals surface area (Å²) in [6, 6.07) is 17.5. The topological polar surface area (TPSA) is 92.3 Å². The zero-order valence-corrected chi connectivity index (χ0v) is 13.6. The lowest BCUT2D eigenvalue weighted by atomic mass is 10.2. The number of nitrogens with zero attached hydrogens (tertiary/aromatic N) is 3. The van der Waals surface area contributed by atoms with Crippen LogP contribution in [0.25, 0.3) is 0 Å². The van der Waals surface area contributed by atoms with Crippen LogP contribution in [0.15, 0.2) is 64.5 Å². The van der Waals surface area contributed by atoms with Gasteiger partial charge in [0.15, 0.2) is 5.82 Å². The van der Waals surface area contributed by atoms with Crippen LogP contribution in [0.5, 0.6) is 5.75 Å². The first kappa shape index (κ1) is 16.4. The molecule has 0 bridgehead atoms. The summed E-state index contributed by atoms with van der Waals surface area (Å²) in [5.41, 5.74) is 4.70. The number of aromatic nitrogens is 3. The van der Waals surface area contributed by atoms with E-state index in [9.17, 15) is 4.79 Å². The number of hydrogen-bond acceptors (Lipinski definition) is 6. The van der Waals surface area contributed by atoms with Gasteiger partial charge in [-0.25, -0.2) is 9.89 Å². The van der Waals surface area contributed by atoms with Gasteiger partial charge in [0.05, 0.1) is 6.21 Å². The van der Waals surface area contributed by atoms with Crippen molar-refractivity contribution in [2.45, 2.75) is 13.5 Å². The standard InChI is InChI=1S/C18H17N5O2/c1-13-17(20-18(24)23-21-13)22-19-11-15-8-5-9-16(10-15)25-12-14-6-3-2-4-7-14/h2-11H,12H2,1H3,(H2,20,22,23,24)/b19-11-. The quantitative estimate of drug-likeness (QED) is 0.533. The Bertz CT molecular complexity index is 922. The highest BCUT2D eigenvalue weighted by Gasteiger charge is 2.00. The van der Waals surface area contributed by atoms with Crippen molar-refractivity contribution in [1.82, 2.24) is 15.2 Å². The van der Waals surface area contributed by atoms with E-state index in [0.717, 1.165) is 16.9 Å². The first-order valence-electron chi connectivity index (χ1n) is 7.70. The van der Waals surface area contributed by atoms with Crippen LogP contribution in [0.1, 0.15) is 16.8 Å². The van der Waals surface area contributed by atoms with E-state index in [1.165, 1.54) is 0 Å². The van der Waals surface area contributed by atoms with Crippen LogP contribution in [0.2, 0.25) is 0 Å². The van der Waals surface area contributed by atoms with Gasteiger partial charge in [0, 0.05) is 0 Å². The minimum absolute atomic E-state index is 0.316. The molecule has 25 heavy (non-hydrogen) atoms. The van der Waals surface area contributed by atoms with E-state index >= 15 is 0 Å². The molecule has 7 heteroatoms. The molecule has 0 aliphatic rings. The maximum atomic E-state index is 11.2. The van der Waals surface area contributed by atoms with Crippen LogP contribution in [0, 0.1) is 6.92 Å². The summed E-state index contributed by atoms with van der Waals surface area (Å²) in [6.45, 7) is 2.22. The molecule has 7 nitrogen and oxygen atoms in total. The van der Waals surface area contributed by atoms with E-state index in [2.05, 4.69) is 25.7 Å². The number of aryl methyl sites for hydroxylation is 1. The van der Waals surface area contributed by atoms with Crippen LogP contribution < -0.4 is 15.9 Å². The Balaban J connectivity index is 1.63. The Labute approximate surface area is 144 Å². The molecule has 1 aromatic heterocycles. The fraction of sp³-hybridized carbons (Fsp3) is 0.111. The van der Waals surface area contributed by atoms with Crippen molar-refractivity contribution in [2.75, 3.05) is 5.43 Å². The summed E-state index contributed by atoms with van der Waals surface area (Å²) in [5, 5.41) is 10.2. The maximum absolute atomic E-state index is 11.2. The van der Waals surface area contributed by atoms with Crippen molar-refractivity contribution in [1.29, 1.82) is 0 Å². The van der Waals surface area contributed by atoms with Gasteiger partial charge in [0.2, 0.25) is 0 Å². The van der Waals surface area contributed by atoms with Crippen LogP contribution >= 0.6 is 0 Å². The average molecular weight is 335 g/mol. The molecule has 2 aromatic carbocycles. The highest BCUT2D eigenvalue weighted by atomic mass is 16.5. The molecule has 126 valence electrons. The SMILES string of the molecule is Cc1n[nH]c(=O)nc1N/N=C\c1cccc(OCc2ccccc2)c1. The molecule has 0 unspecified atom stereocenters. The number of anilines is 1. The van der Waals surface area contributed by atoms with E-state index in [1.807, 2.05) is 54.6 Å². The Morgan fingerprint density at radius 1 is 1.20 bits per heavy atom. The van der Waals surface area contributed by atoms with Crippen LogP contribution in [-0.4, -0.2) is 21.4 Å². The van der Waals surface area contributed by atoms with Gasteiger partial charge in [-0.2, -0.15) is 15.2 Å². The van der Waals surface area contributed by atoms with E-state index in [-0.39, 0.29) is 0 Å². The predicted octanol–water partition coefficient (Wildman–Crippen LogP) is 2.50. The molecule has 0 fully saturated rings. The molecular formula is C18H17N5O2. The molecule has 0 spiro atoms. The molecule has 3 aromatic rings. The summed E-state index contributed by atoms with van der Waals surface area (Å²) < 4.78 is 5.78. The Morgan fingerprint density at radius 2 is 2.04 bits per heavy atom. The van der Waals surface area contributed by atoms with Crippen molar-refractivity contribution >= 4 is 12.0 Å². The lowest BCUT2D eigenvalue weighted by Crippen LogP contribution is -2.15. The third-order valence-corrected chi connectivity index (χ3v) is 3.37. The molecule has 0 aliphatic carbocycles. The van der Waals surface area contributed by atoms with E-state index in [4.69, 9.17) is 4.74 Å². The lowest BCUT2D eigenvalue weighted by molar-refractivity contribution is 0.306. The van der Waals surface area contributed by atoms with E-state index in [1.54, 1.807) is 13.1 Å². The summed E-state index contributed by atoms with van der Waals surface area (Å²) in [6.07, 6.45) is 1.62. The first-order chi connectivity index (χ1) is 12.2. The normalized spacial score (nSPS) is 10.8. The highest BCUT2D eigenvalue weighted by Crippen LogP contribution is 2.14. The fourth-order valence-corrected chi connectivity index (χ4v) is 2.09. The zero-order chi connectivity index (χ0) is 17.5. The maximum Gasteiger partial charge on any atom is 0.363 e. The molecule has 0 saturated carbocycles. The number of ether oxygens (including phenoxy) is 1. The van der Waals surface area contributed by atoms with E-state index in [0.29, 0.717) is 18.1 Å². The first-order valence-corrected chi connectivity index (χ1v) is 7.70. The number of rotatable bonds is 6. The highest BCUT2D eigenvalue weighted by molar-refractivity contribution is 5.80.